The Balaban J connectivity index is 1.75. The van der Waals surface area contributed by atoms with Gasteiger partial charge in [0.05, 0.1) is 0 Å². The van der Waals surface area contributed by atoms with Gasteiger partial charge in [-0.1, -0.05) is 24.3 Å². The fourth-order valence-corrected chi connectivity index (χ4v) is 3.49. The van der Waals surface area contributed by atoms with Crippen LogP contribution >= 0.6 is 0 Å². The average molecular weight is 339 g/mol. The molecule has 1 aromatic heterocycles. The van der Waals surface area contributed by atoms with E-state index < -0.39 is 0 Å². The molecule has 2 aromatic rings. The van der Waals surface area contributed by atoms with E-state index in [2.05, 4.69) is 21.3 Å². The fourth-order valence-electron chi connectivity index (χ4n) is 3.49. The minimum absolute atomic E-state index is 0.144. The maximum Gasteiger partial charge on any atom is 0.268 e. The third-order valence-electron chi connectivity index (χ3n) is 4.71. The molecule has 0 fully saturated rings. The van der Waals surface area contributed by atoms with Crippen molar-refractivity contribution in [3.05, 3.63) is 57.9 Å². The number of aromatic nitrogens is 1. The van der Waals surface area contributed by atoms with Gasteiger partial charge < -0.3 is 15.2 Å². The van der Waals surface area contributed by atoms with Gasteiger partial charge in [-0.2, -0.15) is 0 Å². The fraction of sp³-hybridized carbons (Fsp3) is 0.400. The predicted octanol–water partition coefficient (Wildman–Crippen LogP) is 2.83. The Bertz CT molecular complexity index is 805. The number of nitrogens with zero attached hydrogens (tertiary/aromatic N) is 1. The van der Waals surface area contributed by atoms with Crippen LogP contribution in [0.3, 0.4) is 0 Å². The summed E-state index contributed by atoms with van der Waals surface area (Å²) >= 11 is 0. The third kappa shape index (κ3) is 3.66. The highest BCUT2D eigenvalue weighted by Crippen LogP contribution is 2.26. The molecule has 1 aromatic carbocycles. The predicted molar refractivity (Wildman–Crippen MR) is 97.8 cm³/mol. The number of carbonyl (C=O) groups is 2. The van der Waals surface area contributed by atoms with Crippen LogP contribution in [0.25, 0.3) is 0 Å². The zero-order valence-corrected chi connectivity index (χ0v) is 15.1. The molecule has 0 spiro atoms. The summed E-state index contributed by atoms with van der Waals surface area (Å²) in [6.07, 6.45) is 2.26. The van der Waals surface area contributed by atoms with E-state index in [9.17, 15) is 9.59 Å². The van der Waals surface area contributed by atoms with Gasteiger partial charge >= 0.3 is 0 Å². The van der Waals surface area contributed by atoms with Crippen LogP contribution in [-0.2, 0) is 19.5 Å². The highest BCUT2D eigenvalue weighted by molar-refractivity contribution is 6.04. The average Bonchev–Trinajstić information content (AvgIpc) is 2.91. The number of fused-ring (bicyclic) bond motifs is 1. The van der Waals surface area contributed by atoms with Crippen molar-refractivity contribution < 1.29 is 9.59 Å². The molecule has 25 heavy (non-hydrogen) atoms. The smallest absolute Gasteiger partial charge is 0.268 e. The molecule has 1 aliphatic carbocycles. The quantitative estimate of drug-likeness (QED) is 0.880. The van der Waals surface area contributed by atoms with Crippen molar-refractivity contribution >= 4 is 11.7 Å². The highest BCUT2D eigenvalue weighted by atomic mass is 16.2. The summed E-state index contributed by atoms with van der Waals surface area (Å²) in [4.78, 5) is 30.0. The highest BCUT2D eigenvalue weighted by Gasteiger charge is 2.26. The molecule has 0 unspecified atom stereocenters. The molecule has 0 atom stereocenters. The first-order chi connectivity index (χ1) is 12.0. The first-order valence-electron chi connectivity index (χ1n) is 8.71. The second kappa shape index (κ2) is 7.23. The summed E-state index contributed by atoms with van der Waals surface area (Å²) in [5.41, 5.74) is 5.24. The van der Waals surface area contributed by atoms with E-state index in [0.717, 1.165) is 41.8 Å². The lowest BCUT2D eigenvalue weighted by Crippen LogP contribution is -2.25. The van der Waals surface area contributed by atoms with Crippen molar-refractivity contribution in [2.24, 2.45) is 0 Å². The van der Waals surface area contributed by atoms with Gasteiger partial charge in [0.15, 0.2) is 5.78 Å². The van der Waals surface area contributed by atoms with Gasteiger partial charge in [0.1, 0.15) is 5.69 Å². The second-order valence-electron chi connectivity index (χ2n) is 6.94. The number of benzene rings is 1. The summed E-state index contributed by atoms with van der Waals surface area (Å²) in [7, 11) is 4.05. The van der Waals surface area contributed by atoms with Crippen LogP contribution in [0, 0.1) is 6.92 Å². The Kier molecular flexibility index (Phi) is 5.04. The monoisotopic (exact) mass is 339 g/mol. The molecule has 1 amide bonds. The van der Waals surface area contributed by atoms with E-state index in [-0.39, 0.29) is 11.7 Å². The summed E-state index contributed by atoms with van der Waals surface area (Å²) in [5.74, 6) is -0.00950. The molecule has 0 saturated heterocycles. The SMILES string of the molecule is Cc1c(C(=O)NCc2ccccc2CN(C)C)[nH]c2c1C(=O)CCC2. The molecule has 5 nitrogen and oxygen atoms in total. The van der Waals surface area contributed by atoms with Crippen molar-refractivity contribution in [2.45, 2.75) is 39.3 Å². The topological polar surface area (TPSA) is 65.2 Å². The molecule has 0 radical (unpaired) electrons. The third-order valence-corrected chi connectivity index (χ3v) is 4.71. The number of H-pyrrole nitrogens is 1. The lowest BCUT2D eigenvalue weighted by atomic mass is 9.94. The normalized spacial score (nSPS) is 13.8. The summed E-state index contributed by atoms with van der Waals surface area (Å²) < 4.78 is 0. The number of hydrogen-bond donors (Lipinski definition) is 2. The maximum absolute atomic E-state index is 12.6. The Labute approximate surface area is 148 Å². The standard InChI is InChI=1S/C20H25N3O2/c1-13-18-16(9-6-10-17(18)24)22-19(13)20(25)21-11-14-7-4-5-8-15(14)12-23(2)3/h4-5,7-8,22H,6,9-12H2,1-3H3,(H,21,25). The lowest BCUT2D eigenvalue weighted by molar-refractivity contribution is 0.0944. The molecule has 3 rings (SSSR count). The van der Waals surface area contributed by atoms with E-state index in [1.807, 2.05) is 39.2 Å². The summed E-state index contributed by atoms with van der Waals surface area (Å²) in [6.45, 7) is 3.16. The molecule has 5 heteroatoms. The number of Topliss-reactive ketones (excluding diaryl/α,β-unsaturated/α-hetero) is 1. The Morgan fingerprint density at radius 3 is 2.60 bits per heavy atom. The van der Waals surface area contributed by atoms with Crippen LogP contribution in [0.4, 0.5) is 0 Å². The number of nitrogens with one attached hydrogen (secondary N) is 2. The number of amides is 1. The molecular weight excluding hydrogens is 314 g/mol. The number of ketones is 1. The minimum atomic E-state index is -0.153. The molecule has 1 aliphatic rings. The van der Waals surface area contributed by atoms with Crippen LogP contribution in [0.5, 0.6) is 0 Å². The van der Waals surface area contributed by atoms with Crippen molar-refractivity contribution in [1.82, 2.24) is 15.2 Å². The lowest BCUT2D eigenvalue weighted by Gasteiger charge is -2.14. The Hall–Kier alpha value is -2.40. The molecule has 0 saturated carbocycles. The van der Waals surface area contributed by atoms with E-state index in [1.54, 1.807) is 0 Å². The minimum Gasteiger partial charge on any atom is -0.354 e. The molecular formula is C20H25N3O2. The van der Waals surface area contributed by atoms with Crippen molar-refractivity contribution in [1.29, 1.82) is 0 Å². The summed E-state index contributed by atoms with van der Waals surface area (Å²) in [5, 5.41) is 2.99. The Morgan fingerprint density at radius 1 is 1.20 bits per heavy atom. The van der Waals surface area contributed by atoms with Crippen molar-refractivity contribution in [2.75, 3.05) is 14.1 Å². The number of aromatic amines is 1. The van der Waals surface area contributed by atoms with Crippen LogP contribution < -0.4 is 5.32 Å². The van der Waals surface area contributed by atoms with Crippen LogP contribution in [-0.4, -0.2) is 35.7 Å². The molecule has 132 valence electrons. The van der Waals surface area contributed by atoms with Gasteiger partial charge in [-0.05, 0) is 50.6 Å². The molecule has 0 aliphatic heterocycles. The zero-order valence-electron chi connectivity index (χ0n) is 15.1. The summed E-state index contributed by atoms with van der Waals surface area (Å²) in [6, 6.07) is 8.12. The molecule has 1 heterocycles. The van der Waals surface area contributed by atoms with Crippen molar-refractivity contribution in [3.63, 3.8) is 0 Å². The second-order valence-corrected chi connectivity index (χ2v) is 6.94. The number of rotatable bonds is 5. The molecule has 2 N–H and O–H groups in total. The number of aryl methyl sites for hydroxylation is 1. The van der Waals surface area contributed by atoms with E-state index in [1.165, 1.54) is 5.56 Å². The zero-order chi connectivity index (χ0) is 18.0. The van der Waals surface area contributed by atoms with Gasteiger partial charge in [0.25, 0.3) is 5.91 Å². The first kappa shape index (κ1) is 17.4. The van der Waals surface area contributed by atoms with Gasteiger partial charge in [-0.15, -0.1) is 0 Å². The van der Waals surface area contributed by atoms with E-state index in [0.29, 0.717) is 18.7 Å². The van der Waals surface area contributed by atoms with Crippen LogP contribution in [0.2, 0.25) is 0 Å². The van der Waals surface area contributed by atoms with Gasteiger partial charge in [-0.3, -0.25) is 9.59 Å². The van der Waals surface area contributed by atoms with E-state index >= 15 is 0 Å². The Morgan fingerprint density at radius 2 is 1.92 bits per heavy atom. The van der Waals surface area contributed by atoms with Crippen molar-refractivity contribution in [3.8, 4) is 0 Å². The van der Waals surface area contributed by atoms with Gasteiger partial charge in [0, 0.05) is 30.8 Å². The van der Waals surface area contributed by atoms with Crippen LogP contribution in [0.15, 0.2) is 24.3 Å². The van der Waals surface area contributed by atoms with E-state index in [4.69, 9.17) is 0 Å². The first-order valence-corrected chi connectivity index (χ1v) is 8.71. The van der Waals surface area contributed by atoms with Gasteiger partial charge in [0.2, 0.25) is 0 Å². The van der Waals surface area contributed by atoms with Gasteiger partial charge in [-0.25, -0.2) is 0 Å². The molecule has 0 bridgehead atoms. The maximum atomic E-state index is 12.6. The van der Waals surface area contributed by atoms with Crippen LogP contribution in [0.1, 0.15) is 56.1 Å². The number of carbonyl (C=O) groups excluding carboxylic acids is 2. The number of hydrogen-bond acceptors (Lipinski definition) is 3. The largest absolute Gasteiger partial charge is 0.354 e.